The highest BCUT2D eigenvalue weighted by Gasteiger charge is 2.33. The first-order valence-corrected chi connectivity index (χ1v) is 8.37. The summed E-state index contributed by atoms with van der Waals surface area (Å²) in [5, 5.41) is 6.10. The lowest BCUT2D eigenvalue weighted by atomic mass is 9.85. The van der Waals surface area contributed by atoms with E-state index in [1.165, 1.54) is 19.3 Å². The van der Waals surface area contributed by atoms with E-state index >= 15 is 0 Å². The van der Waals surface area contributed by atoms with Crippen molar-refractivity contribution in [1.82, 2.24) is 10.6 Å². The smallest absolute Gasteiger partial charge is 0.407 e. The van der Waals surface area contributed by atoms with Gasteiger partial charge in [-0.05, 0) is 58.3 Å². The van der Waals surface area contributed by atoms with E-state index in [9.17, 15) is 4.79 Å². The minimum Gasteiger partial charge on any atom is -0.444 e. The molecule has 126 valence electrons. The molecule has 0 bridgehead atoms. The van der Waals surface area contributed by atoms with Gasteiger partial charge in [0.05, 0.1) is 12.6 Å². The molecule has 0 aromatic carbocycles. The summed E-state index contributed by atoms with van der Waals surface area (Å²) in [6, 6.07) is 0.0129. The maximum absolute atomic E-state index is 11.9. The highest BCUT2D eigenvalue weighted by Crippen LogP contribution is 2.33. The molecule has 0 radical (unpaired) electrons. The van der Waals surface area contributed by atoms with E-state index in [0.717, 1.165) is 25.3 Å². The molecule has 4 N–H and O–H groups in total. The minimum atomic E-state index is -0.481. The SMILES string of the molecule is CC(C)(C)OC(=O)NC(CN=C(N)NCC1CCC1)C1CC1. The average molecular weight is 310 g/mol. The Morgan fingerprint density at radius 3 is 2.50 bits per heavy atom. The number of nitrogens with zero attached hydrogens (tertiary/aromatic N) is 1. The normalized spacial score (nSPS) is 21.0. The summed E-state index contributed by atoms with van der Waals surface area (Å²) in [5.41, 5.74) is 5.42. The van der Waals surface area contributed by atoms with Crippen LogP contribution in [0.15, 0.2) is 4.99 Å². The monoisotopic (exact) mass is 310 g/mol. The molecule has 2 fully saturated rings. The molecular formula is C16H30N4O2. The lowest BCUT2D eigenvalue weighted by Crippen LogP contribution is -2.43. The maximum Gasteiger partial charge on any atom is 0.407 e. The van der Waals surface area contributed by atoms with Crippen LogP contribution in [0.5, 0.6) is 0 Å². The number of rotatable bonds is 6. The van der Waals surface area contributed by atoms with Gasteiger partial charge in [0.1, 0.15) is 5.60 Å². The van der Waals surface area contributed by atoms with Crippen LogP contribution in [0.4, 0.5) is 4.79 Å². The Labute approximate surface area is 133 Å². The van der Waals surface area contributed by atoms with Crippen LogP contribution in [0.25, 0.3) is 0 Å². The molecule has 1 amide bonds. The quantitative estimate of drug-likeness (QED) is 0.517. The number of ether oxygens (including phenoxy) is 1. The number of amides is 1. The third kappa shape index (κ3) is 6.12. The van der Waals surface area contributed by atoms with Crippen molar-refractivity contribution in [2.45, 2.75) is 64.5 Å². The van der Waals surface area contributed by atoms with E-state index in [1.807, 2.05) is 20.8 Å². The summed E-state index contributed by atoms with van der Waals surface area (Å²) in [6.45, 7) is 6.99. The van der Waals surface area contributed by atoms with Gasteiger partial charge in [-0.3, -0.25) is 4.99 Å². The van der Waals surface area contributed by atoms with E-state index in [0.29, 0.717) is 18.4 Å². The van der Waals surface area contributed by atoms with Gasteiger partial charge in [-0.25, -0.2) is 4.79 Å². The van der Waals surface area contributed by atoms with E-state index in [2.05, 4.69) is 15.6 Å². The summed E-state index contributed by atoms with van der Waals surface area (Å²) in [5.74, 6) is 1.71. The van der Waals surface area contributed by atoms with Crippen molar-refractivity contribution in [3.63, 3.8) is 0 Å². The number of carbonyl (C=O) groups is 1. The van der Waals surface area contributed by atoms with Crippen molar-refractivity contribution in [2.75, 3.05) is 13.1 Å². The van der Waals surface area contributed by atoms with E-state index in [1.54, 1.807) is 0 Å². The molecule has 0 aromatic heterocycles. The minimum absolute atomic E-state index is 0.0129. The highest BCUT2D eigenvalue weighted by atomic mass is 16.6. The van der Waals surface area contributed by atoms with Gasteiger partial charge in [0.2, 0.25) is 0 Å². The topological polar surface area (TPSA) is 88.7 Å². The second-order valence-corrected chi connectivity index (χ2v) is 7.49. The zero-order chi connectivity index (χ0) is 16.2. The van der Waals surface area contributed by atoms with Crippen LogP contribution in [-0.4, -0.2) is 36.8 Å². The molecule has 22 heavy (non-hydrogen) atoms. The van der Waals surface area contributed by atoms with Gasteiger partial charge in [-0.15, -0.1) is 0 Å². The third-order valence-electron chi connectivity index (χ3n) is 4.15. The number of aliphatic imine (C=N–C) groups is 1. The Hall–Kier alpha value is -1.46. The lowest BCUT2D eigenvalue weighted by molar-refractivity contribution is 0.0500. The molecular weight excluding hydrogens is 280 g/mol. The summed E-state index contributed by atoms with van der Waals surface area (Å²) < 4.78 is 5.31. The molecule has 2 aliphatic rings. The number of alkyl carbamates (subject to hydrolysis) is 1. The Morgan fingerprint density at radius 2 is 2.00 bits per heavy atom. The van der Waals surface area contributed by atoms with E-state index < -0.39 is 5.60 Å². The molecule has 6 nitrogen and oxygen atoms in total. The number of guanidine groups is 1. The molecule has 6 heteroatoms. The van der Waals surface area contributed by atoms with Crippen molar-refractivity contribution in [3.05, 3.63) is 0 Å². The van der Waals surface area contributed by atoms with Crippen LogP contribution >= 0.6 is 0 Å². The molecule has 1 atom stereocenters. The summed E-state index contributed by atoms with van der Waals surface area (Å²) in [4.78, 5) is 16.3. The van der Waals surface area contributed by atoms with Gasteiger partial charge >= 0.3 is 6.09 Å². The zero-order valence-corrected chi connectivity index (χ0v) is 14.0. The molecule has 2 saturated carbocycles. The van der Waals surface area contributed by atoms with Crippen molar-refractivity contribution in [1.29, 1.82) is 0 Å². The molecule has 0 aromatic rings. The zero-order valence-electron chi connectivity index (χ0n) is 14.0. The van der Waals surface area contributed by atoms with Gasteiger partial charge in [-0.1, -0.05) is 6.42 Å². The van der Waals surface area contributed by atoms with Gasteiger partial charge in [0.25, 0.3) is 0 Å². The van der Waals surface area contributed by atoms with Crippen LogP contribution in [0.1, 0.15) is 52.9 Å². The fraction of sp³-hybridized carbons (Fsp3) is 0.875. The van der Waals surface area contributed by atoms with Gasteiger partial charge in [0, 0.05) is 6.54 Å². The standard InChI is InChI=1S/C16H30N4O2/c1-16(2,3)22-15(21)20-13(12-7-8-12)10-19-14(17)18-9-11-5-4-6-11/h11-13H,4-10H2,1-3H3,(H,20,21)(H3,17,18,19). The Bertz CT molecular complexity index is 409. The van der Waals surface area contributed by atoms with Gasteiger partial charge < -0.3 is 21.1 Å². The second kappa shape index (κ2) is 7.20. The fourth-order valence-electron chi connectivity index (χ4n) is 2.47. The van der Waals surface area contributed by atoms with Crippen LogP contribution in [0.2, 0.25) is 0 Å². The summed E-state index contributed by atoms with van der Waals surface area (Å²) >= 11 is 0. The highest BCUT2D eigenvalue weighted by molar-refractivity contribution is 5.77. The molecule has 0 saturated heterocycles. The average Bonchev–Trinajstić information content (AvgIpc) is 3.14. The number of nitrogens with one attached hydrogen (secondary N) is 2. The number of hydrogen-bond donors (Lipinski definition) is 3. The molecule has 0 heterocycles. The van der Waals surface area contributed by atoms with Crippen molar-refractivity contribution >= 4 is 12.1 Å². The van der Waals surface area contributed by atoms with E-state index in [-0.39, 0.29) is 12.1 Å². The van der Waals surface area contributed by atoms with Crippen LogP contribution < -0.4 is 16.4 Å². The lowest BCUT2D eigenvalue weighted by Gasteiger charge is -2.25. The molecule has 2 aliphatic carbocycles. The fourth-order valence-corrected chi connectivity index (χ4v) is 2.47. The van der Waals surface area contributed by atoms with Gasteiger partial charge in [-0.2, -0.15) is 0 Å². The summed E-state index contributed by atoms with van der Waals surface area (Å²) in [6.07, 6.45) is 5.78. The van der Waals surface area contributed by atoms with Crippen LogP contribution in [0, 0.1) is 11.8 Å². The molecule has 2 rings (SSSR count). The number of carbonyl (C=O) groups excluding carboxylic acids is 1. The van der Waals surface area contributed by atoms with Crippen LogP contribution in [0.3, 0.4) is 0 Å². The Kier molecular flexibility index (Phi) is 5.53. The summed E-state index contributed by atoms with van der Waals surface area (Å²) in [7, 11) is 0. The van der Waals surface area contributed by atoms with E-state index in [4.69, 9.17) is 10.5 Å². The maximum atomic E-state index is 11.9. The Balaban J connectivity index is 1.74. The molecule has 0 aliphatic heterocycles. The van der Waals surface area contributed by atoms with Crippen molar-refractivity contribution < 1.29 is 9.53 Å². The van der Waals surface area contributed by atoms with Crippen molar-refractivity contribution in [2.24, 2.45) is 22.6 Å². The second-order valence-electron chi connectivity index (χ2n) is 7.49. The van der Waals surface area contributed by atoms with Crippen molar-refractivity contribution in [3.8, 4) is 0 Å². The first-order chi connectivity index (χ1) is 10.3. The first-order valence-electron chi connectivity index (χ1n) is 8.37. The largest absolute Gasteiger partial charge is 0.444 e. The van der Waals surface area contributed by atoms with Crippen LogP contribution in [-0.2, 0) is 4.74 Å². The van der Waals surface area contributed by atoms with Gasteiger partial charge in [0.15, 0.2) is 5.96 Å². The Morgan fingerprint density at radius 1 is 1.32 bits per heavy atom. The first kappa shape index (κ1) is 16.9. The predicted molar refractivity (Wildman–Crippen MR) is 87.7 cm³/mol. The molecule has 0 spiro atoms. The number of hydrogen-bond acceptors (Lipinski definition) is 3. The third-order valence-corrected chi connectivity index (χ3v) is 4.15. The molecule has 1 unspecified atom stereocenters. The predicted octanol–water partition coefficient (Wildman–Crippen LogP) is 1.99. The number of nitrogens with two attached hydrogens (primary N) is 1.